The molecule has 1 unspecified atom stereocenters. The molecule has 0 aromatic carbocycles. The molecule has 1 fully saturated rings. The van der Waals surface area contributed by atoms with Gasteiger partial charge in [-0.25, -0.2) is 0 Å². The Balaban J connectivity index is 2.56. The predicted molar refractivity (Wildman–Crippen MR) is 52.4 cm³/mol. The second-order valence-electron chi connectivity index (χ2n) is 4.34. The molecule has 0 spiro atoms. The van der Waals surface area contributed by atoms with Gasteiger partial charge in [0.25, 0.3) is 0 Å². The van der Waals surface area contributed by atoms with Crippen molar-refractivity contribution in [3.05, 3.63) is 0 Å². The molecular weight excluding hydrogens is 166 g/mol. The van der Waals surface area contributed by atoms with Gasteiger partial charge in [0.05, 0.1) is 5.54 Å². The van der Waals surface area contributed by atoms with Crippen LogP contribution < -0.4 is 5.73 Å². The molecule has 13 heavy (non-hydrogen) atoms. The maximum absolute atomic E-state index is 6.19. The predicted octanol–water partition coefficient (Wildman–Crippen LogP) is 1.51. The Morgan fingerprint density at radius 1 is 1.23 bits per heavy atom. The van der Waals surface area contributed by atoms with E-state index in [1.165, 1.54) is 0 Å². The molecule has 0 aromatic rings. The summed E-state index contributed by atoms with van der Waals surface area (Å²) in [5.74, 6) is 0. The van der Waals surface area contributed by atoms with Gasteiger partial charge in [-0.3, -0.25) is 0 Å². The maximum atomic E-state index is 6.19. The summed E-state index contributed by atoms with van der Waals surface area (Å²) in [5.41, 5.74) is 6.07. The summed E-state index contributed by atoms with van der Waals surface area (Å²) in [4.78, 5) is 0. The lowest BCUT2D eigenvalue weighted by molar-refractivity contribution is -0.160. The SMILES string of the molecule is CCOC(OCC)C1(N)CC1(C)C. The minimum atomic E-state index is -0.279. The van der Waals surface area contributed by atoms with Crippen molar-refractivity contribution in [1.82, 2.24) is 0 Å². The van der Waals surface area contributed by atoms with Crippen LogP contribution in [-0.2, 0) is 9.47 Å². The van der Waals surface area contributed by atoms with Crippen molar-refractivity contribution in [1.29, 1.82) is 0 Å². The van der Waals surface area contributed by atoms with E-state index in [0.29, 0.717) is 13.2 Å². The summed E-state index contributed by atoms with van der Waals surface area (Å²) >= 11 is 0. The highest BCUT2D eigenvalue weighted by Crippen LogP contribution is 2.56. The Morgan fingerprint density at radius 2 is 1.62 bits per heavy atom. The molecule has 0 aromatic heterocycles. The van der Waals surface area contributed by atoms with Crippen molar-refractivity contribution in [2.24, 2.45) is 11.1 Å². The van der Waals surface area contributed by atoms with Crippen LogP contribution in [0.2, 0.25) is 0 Å². The van der Waals surface area contributed by atoms with Crippen LogP contribution in [0, 0.1) is 5.41 Å². The minimum absolute atomic E-state index is 0.155. The average molecular weight is 187 g/mol. The second kappa shape index (κ2) is 3.56. The van der Waals surface area contributed by atoms with Gasteiger partial charge in [0.1, 0.15) is 0 Å². The largest absolute Gasteiger partial charge is 0.351 e. The Morgan fingerprint density at radius 3 is 1.85 bits per heavy atom. The van der Waals surface area contributed by atoms with E-state index < -0.39 is 0 Å². The minimum Gasteiger partial charge on any atom is -0.351 e. The highest BCUT2D eigenvalue weighted by atomic mass is 16.7. The normalized spacial score (nSPS) is 30.9. The Bertz CT molecular complexity index is 176. The lowest BCUT2D eigenvalue weighted by atomic mass is 10.1. The molecule has 78 valence electrons. The van der Waals surface area contributed by atoms with Gasteiger partial charge in [-0.15, -0.1) is 0 Å². The monoisotopic (exact) mass is 187 g/mol. The summed E-state index contributed by atoms with van der Waals surface area (Å²) in [6.45, 7) is 9.53. The van der Waals surface area contributed by atoms with Crippen LogP contribution in [0.5, 0.6) is 0 Å². The van der Waals surface area contributed by atoms with Crippen molar-refractivity contribution in [2.75, 3.05) is 13.2 Å². The van der Waals surface area contributed by atoms with Gasteiger partial charge in [0.15, 0.2) is 6.29 Å². The van der Waals surface area contributed by atoms with Crippen LogP contribution in [0.25, 0.3) is 0 Å². The van der Waals surface area contributed by atoms with Crippen molar-refractivity contribution in [3.8, 4) is 0 Å². The van der Waals surface area contributed by atoms with E-state index in [1.807, 2.05) is 13.8 Å². The standard InChI is InChI=1S/C10H21NO2/c1-5-12-8(13-6-2)10(11)7-9(10,3)4/h8H,5-7,11H2,1-4H3. The summed E-state index contributed by atoms with van der Waals surface area (Å²) in [6.07, 6.45) is 0.738. The molecule has 0 aliphatic heterocycles. The molecule has 2 N–H and O–H groups in total. The van der Waals surface area contributed by atoms with Crippen LogP contribution in [0.4, 0.5) is 0 Å². The third-order valence-electron chi connectivity index (χ3n) is 2.93. The molecule has 3 heteroatoms. The number of hydrogen-bond donors (Lipinski definition) is 1. The van der Waals surface area contributed by atoms with Gasteiger partial charge in [0.2, 0.25) is 0 Å². The smallest absolute Gasteiger partial charge is 0.175 e. The highest BCUT2D eigenvalue weighted by molar-refractivity contribution is 5.17. The van der Waals surface area contributed by atoms with Gasteiger partial charge < -0.3 is 15.2 Å². The van der Waals surface area contributed by atoms with Gasteiger partial charge in [-0.2, -0.15) is 0 Å². The molecule has 1 rings (SSSR count). The highest BCUT2D eigenvalue weighted by Gasteiger charge is 2.64. The number of ether oxygens (including phenoxy) is 2. The molecule has 1 atom stereocenters. The molecule has 1 saturated carbocycles. The maximum Gasteiger partial charge on any atom is 0.175 e. The molecule has 0 saturated heterocycles. The molecule has 1 aliphatic rings. The third-order valence-corrected chi connectivity index (χ3v) is 2.93. The summed E-state index contributed by atoms with van der Waals surface area (Å²) in [5, 5.41) is 0. The van der Waals surface area contributed by atoms with Crippen molar-refractivity contribution in [3.63, 3.8) is 0 Å². The molecule has 0 radical (unpaired) electrons. The molecular formula is C10H21NO2. The van der Waals surface area contributed by atoms with Crippen LogP contribution >= 0.6 is 0 Å². The average Bonchev–Trinajstić information content (AvgIpc) is 2.52. The first kappa shape index (κ1) is 11.0. The summed E-state index contributed by atoms with van der Waals surface area (Å²) in [6, 6.07) is 0. The van der Waals surface area contributed by atoms with E-state index in [9.17, 15) is 0 Å². The van der Waals surface area contributed by atoms with Crippen molar-refractivity contribution in [2.45, 2.75) is 45.9 Å². The molecule has 3 nitrogen and oxygen atoms in total. The third kappa shape index (κ3) is 1.87. The van der Waals surface area contributed by atoms with Gasteiger partial charge >= 0.3 is 0 Å². The zero-order valence-electron chi connectivity index (χ0n) is 9.09. The first-order chi connectivity index (χ1) is 5.98. The van der Waals surface area contributed by atoms with Gasteiger partial charge in [-0.05, 0) is 25.7 Å². The van der Waals surface area contributed by atoms with E-state index in [4.69, 9.17) is 15.2 Å². The second-order valence-corrected chi connectivity index (χ2v) is 4.34. The zero-order valence-corrected chi connectivity index (χ0v) is 9.09. The molecule has 0 heterocycles. The van der Waals surface area contributed by atoms with E-state index in [2.05, 4.69) is 13.8 Å². The lowest BCUT2D eigenvalue weighted by Crippen LogP contribution is -2.45. The van der Waals surface area contributed by atoms with E-state index in [-0.39, 0.29) is 17.2 Å². The Labute approximate surface area is 80.6 Å². The number of nitrogens with two attached hydrogens (primary N) is 1. The number of rotatable bonds is 5. The summed E-state index contributed by atoms with van der Waals surface area (Å²) < 4.78 is 11.0. The van der Waals surface area contributed by atoms with E-state index >= 15 is 0 Å². The van der Waals surface area contributed by atoms with Crippen LogP contribution in [-0.4, -0.2) is 25.0 Å². The fraction of sp³-hybridized carbons (Fsp3) is 1.00. The first-order valence-corrected chi connectivity index (χ1v) is 5.00. The topological polar surface area (TPSA) is 44.5 Å². The van der Waals surface area contributed by atoms with Gasteiger partial charge in [-0.1, -0.05) is 13.8 Å². The Hall–Kier alpha value is -0.120. The summed E-state index contributed by atoms with van der Waals surface area (Å²) in [7, 11) is 0. The quantitative estimate of drug-likeness (QED) is 0.664. The van der Waals surface area contributed by atoms with Crippen LogP contribution in [0.3, 0.4) is 0 Å². The Kier molecular flexibility index (Phi) is 3.00. The number of hydrogen-bond acceptors (Lipinski definition) is 3. The fourth-order valence-corrected chi connectivity index (χ4v) is 1.74. The van der Waals surface area contributed by atoms with E-state index in [0.717, 1.165) is 6.42 Å². The molecule has 0 bridgehead atoms. The fourth-order valence-electron chi connectivity index (χ4n) is 1.74. The lowest BCUT2D eigenvalue weighted by Gasteiger charge is -2.26. The van der Waals surface area contributed by atoms with E-state index in [1.54, 1.807) is 0 Å². The molecule has 0 amide bonds. The molecule has 1 aliphatic carbocycles. The van der Waals surface area contributed by atoms with Crippen LogP contribution in [0.15, 0.2) is 0 Å². The van der Waals surface area contributed by atoms with Crippen molar-refractivity contribution < 1.29 is 9.47 Å². The zero-order chi connectivity index (χ0) is 10.1. The van der Waals surface area contributed by atoms with Crippen molar-refractivity contribution >= 4 is 0 Å². The van der Waals surface area contributed by atoms with Gasteiger partial charge in [0, 0.05) is 13.2 Å². The first-order valence-electron chi connectivity index (χ1n) is 5.00. The van der Waals surface area contributed by atoms with Crippen LogP contribution in [0.1, 0.15) is 34.1 Å².